The molecule has 0 aliphatic heterocycles. The standard InChI is InChI=1S/C23H32ClNO3.ClH/c1-3-5-15-26-16-7-14-25-17-20-8-6-9-22(27-4-2)23(20)28-18-19-10-12-21(24)13-11-19;/h6,8-13,25H,3-5,7,14-18H2,1-2H3;1H. The van der Waals surface area contributed by atoms with Crippen molar-refractivity contribution in [2.45, 2.75) is 46.3 Å². The summed E-state index contributed by atoms with van der Waals surface area (Å²) in [7, 11) is 0. The third-order valence-electron chi connectivity index (χ3n) is 4.26. The molecule has 2 rings (SSSR count). The van der Waals surface area contributed by atoms with E-state index in [9.17, 15) is 0 Å². The van der Waals surface area contributed by atoms with Gasteiger partial charge in [-0.2, -0.15) is 0 Å². The lowest BCUT2D eigenvalue weighted by Gasteiger charge is -2.16. The molecule has 0 spiro atoms. The Hall–Kier alpha value is -1.46. The average Bonchev–Trinajstić information content (AvgIpc) is 2.71. The van der Waals surface area contributed by atoms with E-state index in [0.717, 1.165) is 66.8 Å². The lowest BCUT2D eigenvalue weighted by Crippen LogP contribution is -2.17. The second kappa shape index (κ2) is 15.4. The van der Waals surface area contributed by atoms with Gasteiger partial charge in [0.25, 0.3) is 0 Å². The quantitative estimate of drug-likeness (QED) is 0.363. The predicted octanol–water partition coefficient (Wildman–Crippen LogP) is 6.04. The molecular weight excluding hydrogens is 409 g/mol. The summed E-state index contributed by atoms with van der Waals surface area (Å²) in [6.07, 6.45) is 3.30. The molecule has 162 valence electrons. The van der Waals surface area contributed by atoms with Crippen molar-refractivity contribution in [3.63, 3.8) is 0 Å². The molecule has 0 radical (unpaired) electrons. The van der Waals surface area contributed by atoms with Crippen molar-refractivity contribution in [1.82, 2.24) is 5.32 Å². The number of halogens is 2. The van der Waals surface area contributed by atoms with Crippen LogP contribution in [0.5, 0.6) is 11.5 Å². The Morgan fingerprint density at radius 3 is 2.41 bits per heavy atom. The zero-order valence-corrected chi connectivity index (χ0v) is 19.0. The average molecular weight is 442 g/mol. The Bertz CT molecular complexity index is 680. The zero-order valence-electron chi connectivity index (χ0n) is 17.4. The summed E-state index contributed by atoms with van der Waals surface area (Å²) in [5.41, 5.74) is 2.16. The summed E-state index contributed by atoms with van der Waals surface area (Å²) < 4.78 is 17.5. The molecule has 6 heteroatoms. The number of benzene rings is 2. The van der Waals surface area contributed by atoms with Crippen molar-refractivity contribution in [2.75, 3.05) is 26.4 Å². The van der Waals surface area contributed by atoms with Gasteiger partial charge in [-0.25, -0.2) is 0 Å². The number of para-hydroxylation sites is 1. The minimum Gasteiger partial charge on any atom is -0.490 e. The molecule has 2 aromatic carbocycles. The first-order chi connectivity index (χ1) is 13.7. The molecule has 0 heterocycles. The van der Waals surface area contributed by atoms with Gasteiger partial charge in [-0.05, 0) is 50.1 Å². The van der Waals surface area contributed by atoms with Crippen LogP contribution in [0.15, 0.2) is 42.5 Å². The molecule has 1 N–H and O–H groups in total. The van der Waals surface area contributed by atoms with E-state index in [2.05, 4.69) is 18.3 Å². The minimum absolute atomic E-state index is 0. The van der Waals surface area contributed by atoms with Gasteiger partial charge < -0.3 is 19.5 Å². The van der Waals surface area contributed by atoms with Crippen LogP contribution in [0.25, 0.3) is 0 Å². The zero-order chi connectivity index (χ0) is 20.0. The van der Waals surface area contributed by atoms with E-state index >= 15 is 0 Å². The Kier molecular flexibility index (Phi) is 13.6. The van der Waals surface area contributed by atoms with Gasteiger partial charge in [0.05, 0.1) is 6.61 Å². The second-order valence-corrected chi connectivity index (χ2v) is 7.03. The fourth-order valence-electron chi connectivity index (χ4n) is 2.74. The van der Waals surface area contributed by atoms with Gasteiger partial charge in [-0.15, -0.1) is 12.4 Å². The third kappa shape index (κ3) is 9.72. The third-order valence-corrected chi connectivity index (χ3v) is 4.51. The molecule has 0 saturated carbocycles. The Labute approximate surface area is 186 Å². The van der Waals surface area contributed by atoms with E-state index < -0.39 is 0 Å². The number of hydrogen-bond donors (Lipinski definition) is 1. The Morgan fingerprint density at radius 2 is 1.69 bits per heavy atom. The number of unbranched alkanes of at least 4 members (excludes halogenated alkanes) is 1. The van der Waals surface area contributed by atoms with Crippen LogP contribution in [0, 0.1) is 0 Å². The van der Waals surface area contributed by atoms with E-state index in [1.54, 1.807) is 0 Å². The summed E-state index contributed by atoms with van der Waals surface area (Å²) in [5, 5.41) is 4.20. The van der Waals surface area contributed by atoms with Crippen molar-refractivity contribution >= 4 is 24.0 Å². The highest BCUT2D eigenvalue weighted by Crippen LogP contribution is 2.32. The van der Waals surface area contributed by atoms with Gasteiger partial charge in [0.15, 0.2) is 11.5 Å². The first-order valence-electron chi connectivity index (χ1n) is 10.1. The van der Waals surface area contributed by atoms with E-state index in [0.29, 0.717) is 13.2 Å². The van der Waals surface area contributed by atoms with E-state index in [1.807, 2.05) is 43.3 Å². The molecule has 0 fully saturated rings. The maximum atomic E-state index is 6.14. The normalized spacial score (nSPS) is 10.4. The first-order valence-corrected chi connectivity index (χ1v) is 10.5. The fourth-order valence-corrected chi connectivity index (χ4v) is 2.87. The van der Waals surface area contributed by atoms with Gasteiger partial charge in [-0.1, -0.05) is 49.2 Å². The molecule has 0 aromatic heterocycles. The highest BCUT2D eigenvalue weighted by molar-refractivity contribution is 6.30. The summed E-state index contributed by atoms with van der Waals surface area (Å²) >= 11 is 5.96. The monoisotopic (exact) mass is 441 g/mol. The highest BCUT2D eigenvalue weighted by atomic mass is 35.5. The number of hydrogen-bond acceptors (Lipinski definition) is 4. The molecule has 0 unspecified atom stereocenters. The van der Waals surface area contributed by atoms with Crippen LogP contribution in [0.1, 0.15) is 44.2 Å². The maximum absolute atomic E-state index is 6.14. The molecule has 4 nitrogen and oxygen atoms in total. The van der Waals surface area contributed by atoms with Crippen molar-refractivity contribution in [2.24, 2.45) is 0 Å². The number of rotatable bonds is 14. The van der Waals surface area contributed by atoms with Gasteiger partial charge in [0, 0.05) is 30.3 Å². The van der Waals surface area contributed by atoms with Crippen molar-refractivity contribution in [3.05, 3.63) is 58.6 Å². The van der Waals surface area contributed by atoms with Gasteiger partial charge >= 0.3 is 0 Å². The van der Waals surface area contributed by atoms with Crippen LogP contribution in [-0.4, -0.2) is 26.4 Å². The molecule has 0 aliphatic rings. The Balaban J connectivity index is 0.00000420. The summed E-state index contributed by atoms with van der Waals surface area (Å²) in [4.78, 5) is 0. The molecule has 0 atom stereocenters. The predicted molar refractivity (Wildman–Crippen MR) is 123 cm³/mol. The molecule has 0 aliphatic carbocycles. The molecule has 0 saturated heterocycles. The number of ether oxygens (including phenoxy) is 3. The first kappa shape index (κ1) is 25.6. The Morgan fingerprint density at radius 1 is 0.931 bits per heavy atom. The highest BCUT2D eigenvalue weighted by Gasteiger charge is 2.11. The van der Waals surface area contributed by atoms with Crippen LogP contribution in [0.4, 0.5) is 0 Å². The summed E-state index contributed by atoms with van der Waals surface area (Å²) in [6, 6.07) is 13.7. The molecule has 2 aromatic rings. The maximum Gasteiger partial charge on any atom is 0.166 e. The van der Waals surface area contributed by atoms with Crippen LogP contribution in [0.3, 0.4) is 0 Å². The van der Waals surface area contributed by atoms with E-state index in [1.165, 1.54) is 6.42 Å². The molecule has 29 heavy (non-hydrogen) atoms. The lowest BCUT2D eigenvalue weighted by atomic mass is 10.1. The van der Waals surface area contributed by atoms with Crippen molar-refractivity contribution in [1.29, 1.82) is 0 Å². The largest absolute Gasteiger partial charge is 0.490 e. The fraction of sp³-hybridized carbons (Fsp3) is 0.478. The van der Waals surface area contributed by atoms with Gasteiger partial charge in [0.1, 0.15) is 6.61 Å². The summed E-state index contributed by atoms with van der Waals surface area (Å²) in [6.45, 7) is 8.51. The van der Waals surface area contributed by atoms with Crippen LogP contribution >= 0.6 is 24.0 Å². The van der Waals surface area contributed by atoms with Crippen LogP contribution in [-0.2, 0) is 17.9 Å². The van der Waals surface area contributed by atoms with Crippen molar-refractivity contribution < 1.29 is 14.2 Å². The molecule has 0 amide bonds. The SMILES string of the molecule is CCCCOCCCNCc1cccc(OCC)c1OCc1ccc(Cl)cc1.Cl. The van der Waals surface area contributed by atoms with Gasteiger partial charge in [-0.3, -0.25) is 0 Å². The molecular formula is C23H33Cl2NO3. The minimum atomic E-state index is 0. The second-order valence-electron chi connectivity index (χ2n) is 6.59. The van der Waals surface area contributed by atoms with Crippen molar-refractivity contribution in [3.8, 4) is 11.5 Å². The summed E-state index contributed by atoms with van der Waals surface area (Å²) in [5.74, 6) is 1.57. The molecule has 0 bridgehead atoms. The van der Waals surface area contributed by atoms with Crippen LogP contribution < -0.4 is 14.8 Å². The lowest BCUT2D eigenvalue weighted by molar-refractivity contribution is 0.128. The number of nitrogens with one attached hydrogen (secondary N) is 1. The van der Waals surface area contributed by atoms with Crippen LogP contribution in [0.2, 0.25) is 5.02 Å². The topological polar surface area (TPSA) is 39.7 Å². The van der Waals surface area contributed by atoms with Gasteiger partial charge in [0.2, 0.25) is 0 Å². The smallest absolute Gasteiger partial charge is 0.166 e. The van der Waals surface area contributed by atoms with E-state index in [-0.39, 0.29) is 12.4 Å². The van der Waals surface area contributed by atoms with E-state index in [4.69, 9.17) is 25.8 Å².